The van der Waals surface area contributed by atoms with Crippen LogP contribution in [0.1, 0.15) is 6.92 Å². The highest BCUT2D eigenvalue weighted by Crippen LogP contribution is 2.11. The van der Waals surface area contributed by atoms with Crippen molar-refractivity contribution in [2.24, 2.45) is 0 Å². The first-order chi connectivity index (χ1) is 6.97. The number of hydrogen-bond donors (Lipinski definition) is 5. The summed E-state index contributed by atoms with van der Waals surface area (Å²) in [6.07, 6.45) is -2.72. The van der Waals surface area contributed by atoms with Gasteiger partial charge in [0, 0.05) is 6.92 Å². The molecule has 0 aliphatic carbocycles. The molecular weight excluding hydrogens is 204 g/mol. The Morgan fingerprint density at radius 3 is 2.53 bits per heavy atom. The summed E-state index contributed by atoms with van der Waals surface area (Å²) in [6, 6.07) is -2.09. The monoisotopic (exact) mass is 218 g/mol. The first kappa shape index (κ1) is 11.9. The van der Waals surface area contributed by atoms with E-state index in [1.54, 1.807) is 0 Å². The van der Waals surface area contributed by atoms with Crippen molar-refractivity contribution in [2.75, 3.05) is 6.61 Å². The van der Waals surface area contributed by atoms with Gasteiger partial charge in [0.1, 0.15) is 18.2 Å². The molecule has 0 radical (unpaired) electrons. The van der Waals surface area contributed by atoms with E-state index in [2.05, 4.69) is 10.6 Å². The highest BCUT2D eigenvalue weighted by atomic mass is 16.3. The summed E-state index contributed by atoms with van der Waals surface area (Å²) in [7, 11) is 0. The van der Waals surface area contributed by atoms with Crippen molar-refractivity contribution in [1.82, 2.24) is 10.6 Å². The minimum atomic E-state index is -1.42. The van der Waals surface area contributed by atoms with Gasteiger partial charge in [-0.05, 0) is 0 Å². The van der Waals surface area contributed by atoms with Gasteiger partial charge in [0.15, 0.2) is 0 Å². The summed E-state index contributed by atoms with van der Waals surface area (Å²) in [4.78, 5) is 22.1. The van der Waals surface area contributed by atoms with Crippen LogP contribution in [0.5, 0.6) is 0 Å². The molecule has 0 aromatic heterocycles. The van der Waals surface area contributed by atoms with Gasteiger partial charge in [-0.25, -0.2) is 0 Å². The molecule has 5 N–H and O–H groups in total. The van der Waals surface area contributed by atoms with Gasteiger partial charge in [-0.3, -0.25) is 9.59 Å². The molecule has 0 bridgehead atoms. The Morgan fingerprint density at radius 1 is 1.47 bits per heavy atom. The van der Waals surface area contributed by atoms with Crippen LogP contribution in [0.3, 0.4) is 0 Å². The molecule has 0 aromatic carbocycles. The quantitative estimate of drug-likeness (QED) is 0.333. The molecule has 4 atom stereocenters. The summed E-state index contributed by atoms with van der Waals surface area (Å²) < 4.78 is 0. The zero-order chi connectivity index (χ0) is 11.6. The summed E-state index contributed by atoms with van der Waals surface area (Å²) >= 11 is 0. The molecule has 1 aliphatic heterocycles. The number of rotatable bonds is 2. The number of amides is 2. The van der Waals surface area contributed by atoms with Gasteiger partial charge in [-0.15, -0.1) is 0 Å². The molecule has 1 rings (SSSR count). The lowest BCUT2D eigenvalue weighted by molar-refractivity contribution is -0.143. The Balaban J connectivity index is 2.74. The third-order valence-electron chi connectivity index (χ3n) is 2.27. The van der Waals surface area contributed by atoms with Crippen molar-refractivity contribution in [2.45, 2.75) is 31.2 Å². The minimum absolute atomic E-state index is 0.475. The largest absolute Gasteiger partial charge is 0.394 e. The number of aliphatic hydroxyl groups excluding tert-OH is 3. The number of aliphatic hydroxyl groups is 3. The van der Waals surface area contributed by atoms with Gasteiger partial charge in [0.05, 0.1) is 12.6 Å². The number of nitrogens with one attached hydrogen (secondary N) is 2. The molecule has 15 heavy (non-hydrogen) atoms. The maximum Gasteiger partial charge on any atom is 0.245 e. The van der Waals surface area contributed by atoms with E-state index in [1.165, 1.54) is 6.92 Å². The predicted molar refractivity (Wildman–Crippen MR) is 48.6 cm³/mol. The average molecular weight is 218 g/mol. The van der Waals surface area contributed by atoms with E-state index >= 15 is 0 Å². The second-order valence-corrected chi connectivity index (χ2v) is 3.46. The number of piperidine rings is 1. The highest BCUT2D eigenvalue weighted by molar-refractivity contribution is 5.88. The fraction of sp³-hybridized carbons (Fsp3) is 0.750. The molecule has 0 spiro atoms. The third-order valence-corrected chi connectivity index (χ3v) is 2.27. The van der Waals surface area contributed by atoms with Crippen molar-refractivity contribution in [3.63, 3.8) is 0 Å². The fourth-order valence-electron chi connectivity index (χ4n) is 1.47. The Hall–Kier alpha value is -1.18. The van der Waals surface area contributed by atoms with Crippen molar-refractivity contribution >= 4 is 11.8 Å². The van der Waals surface area contributed by atoms with E-state index in [-0.39, 0.29) is 0 Å². The van der Waals surface area contributed by atoms with E-state index in [0.29, 0.717) is 0 Å². The zero-order valence-corrected chi connectivity index (χ0v) is 8.17. The van der Waals surface area contributed by atoms with Crippen molar-refractivity contribution in [3.8, 4) is 0 Å². The van der Waals surface area contributed by atoms with Crippen LogP contribution in [-0.4, -0.2) is 58.0 Å². The molecule has 0 aromatic rings. The Morgan fingerprint density at radius 2 is 2.07 bits per heavy atom. The van der Waals surface area contributed by atoms with Crippen LogP contribution in [0, 0.1) is 0 Å². The van der Waals surface area contributed by atoms with Gasteiger partial charge < -0.3 is 26.0 Å². The second-order valence-electron chi connectivity index (χ2n) is 3.46. The molecule has 1 fully saturated rings. The van der Waals surface area contributed by atoms with E-state index in [1.807, 2.05) is 0 Å². The van der Waals surface area contributed by atoms with Crippen LogP contribution >= 0.6 is 0 Å². The summed E-state index contributed by atoms with van der Waals surface area (Å²) in [5.41, 5.74) is 0. The maximum absolute atomic E-state index is 11.3. The molecule has 86 valence electrons. The average Bonchev–Trinajstić information content (AvgIpc) is 2.18. The molecule has 1 saturated heterocycles. The lowest BCUT2D eigenvalue weighted by atomic mass is 9.94. The van der Waals surface area contributed by atoms with Crippen LogP contribution in [0.25, 0.3) is 0 Å². The minimum Gasteiger partial charge on any atom is -0.394 e. The Kier molecular flexibility index (Phi) is 3.61. The summed E-state index contributed by atoms with van der Waals surface area (Å²) in [5.74, 6) is -1.11. The van der Waals surface area contributed by atoms with Crippen molar-refractivity contribution < 1.29 is 24.9 Å². The van der Waals surface area contributed by atoms with Crippen molar-refractivity contribution in [1.29, 1.82) is 0 Å². The van der Waals surface area contributed by atoms with Gasteiger partial charge in [-0.2, -0.15) is 0 Å². The fourth-order valence-corrected chi connectivity index (χ4v) is 1.47. The smallest absolute Gasteiger partial charge is 0.245 e. The highest BCUT2D eigenvalue weighted by Gasteiger charge is 2.42. The maximum atomic E-state index is 11.3. The van der Waals surface area contributed by atoms with Gasteiger partial charge in [0.2, 0.25) is 11.8 Å². The van der Waals surface area contributed by atoms with E-state index < -0.39 is 42.7 Å². The van der Waals surface area contributed by atoms with Gasteiger partial charge in [0.25, 0.3) is 0 Å². The molecule has 2 amide bonds. The zero-order valence-electron chi connectivity index (χ0n) is 8.17. The molecule has 0 unspecified atom stereocenters. The van der Waals surface area contributed by atoms with Crippen LogP contribution in [-0.2, 0) is 9.59 Å². The number of hydrogen-bond acceptors (Lipinski definition) is 5. The molecule has 0 saturated carbocycles. The molecule has 7 nitrogen and oxygen atoms in total. The van der Waals surface area contributed by atoms with Crippen molar-refractivity contribution in [3.05, 3.63) is 0 Å². The lowest BCUT2D eigenvalue weighted by Crippen LogP contribution is -2.68. The first-order valence-corrected chi connectivity index (χ1v) is 4.52. The Bertz CT molecular complexity index is 270. The first-order valence-electron chi connectivity index (χ1n) is 4.52. The van der Waals surface area contributed by atoms with Crippen LogP contribution in [0.2, 0.25) is 0 Å². The van der Waals surface area contributed by atoms with Gasteiger partial charge >= 0.3 is 0 Å². The van der Waals surface area contributed by atoms with E-state index in [0.717, 1.165) is 0 Å². The molecular formula is C8H14N2O5. The Labute approximate surface area is 86.1 Å². The van der Waals surface area contributed by atoms with Crippen LogP contribution in [0.15, 0.2) is 0 Å². The molecule has 1 aliphatic rings. The third kappa shape index (κ3) is 2.44. The summed E-state index contributed by atoms with van der Waals surface area (Å²) in [6.45, 7) is 0.723. The lowest BCUT2D eigenvalue weighted by Gasteiger charge is -2.36. The normalized spacial score (nSPS) is 35.9. The van der Waals surface area contributed by atoms with Crippen LogP contribution < -0.4 is 10.6 Å². The predicted octanol–water partition coefficient (Wildman–Crippen LogP) is -3.30. The van der Waals surface area contributed by atoms with Crippen LogP contribution in [0.4, 0.5) is 0 Å². The number of carbonyl (C=O) groups is 2. The standard InChI is InChI=1S/C8H14N2O5/c1-3(12)9-5-7(14)6(13)4(2-11)10-8(5)15/h4-7,11,13-14H,2H2,1H3,(H,9,12)(H,10,15)/t4-,5-,6-,7-/m1/s1. The second kappa shape index (κ2) is 4.56. The van der Waals surface area contributed by atoms with Gasteiger partial charge in [-0.1, -0.05) is 0 Å². The topological polar surface area (TPSA) is 119 Å². The summed E-state index contributed by atoms with van der Waals surface area (Å²) in [5, 5.41) is 32.3. The SMILES string of the molecule is CC(=O)N[C@H]1C(=O)N[C@H](CO)[C@@H](O)[C@@H]1O. The number of carbonyl (C=O) groups excluding carboxylic acids is 2. The van der Waals surface area contributed by atoms with E-state index in [9.17, 15) is 19.8 Å². The molecule has 1 heterocycles. The van der Waals surface area contributed by atoms with E-state index in [4.69, 9.17) is 5.11 Å². The molecule has 7 heteroatoms.